The number of nitrogens with zero attached hydrogens (tertiary/aromatic N) is 3. The molecule has 0 spiro atoms. The van der Waals surface area contributed by atoms with Crippen LogP contribution in [0.4, 0.5) is 5.95 Å². The third kappa shape index (κ3) is 4.96. The average Bonchev–Trinajstić information content (AvgIpc) is 3.20. The quantitative estimate of drug-likeness (QED) is 0.286. The minimum atomic E-state index is -0.491. The second kappa shape index (κ2) is 9.80. The number of anilines is 1. The van der Waals surface area contributed by atoms with Gasteiger partial charge in [-0.3, -0.25) is 4.79 Å². The number of carbonyl (C=O) groups is 2. The first-order valence-corrected chi connectivity index (χ1v) is 11.8. The number of fused-ring (bicyclic) bond motifs is 1. The lowest BCUT2D eigenvalue weighted by Gasteiger charge is -2.28. The molecule has 1 aliphatic heterocycles. The van der Waals surface area contributed by atoms with Gasteiger partial charge in [0.2, 0.25) is 11.1 Å². The van der Waals surface area contributed by atoms with Crippen LogP contribution in [0.2, 0.25) is 5.02 Å². The van der Waals surface area contributed by atoms with Crippen LogP contribution in [0.3, 0.4) is 0 Å². The molecule has 0 amide bonds. The topological polar surface area (TPSA) is 86.1 Å². The second-order valence-corrected chi connectivity index (χ2v) is 8.96. The Balaban J connectivity index is 1.63. The Morgan fingerprint density at radius 1 is 1.12 bits per heavy atom. The van der Waals surface area contributed by atoms with Crippen molar-refractivity contribution in [3.05, 3.63) is 81.5 Å². The maximum atomic E-state index is 12.8. The van der Waals surface area contributed by atoms with Crippen molar-refractivity contribution in [3.8, 4) is 0 Å². The Labute approximate surface area is 201 Å². The number of Topliss-reactive ketones (excluding diaryl/α,β-unsaturated/α-hetero) is 1. The van der Waals surface area contributed by atoms with E-state index in [-0.39, 0.29) is 18.1 Å². The number of aryl methyl sites for hydroxylation is 1. The highest BCUT2D eigenvalue weighted by Gasteiger charge is 2.35. The number of carbonyl (C=O) groups excluding carboxylic acids is 2. The molecule has 0 aliphatic carbocycles. The third-order valence-corrected chi connectivity index (χ3v) is 6.31. The second-order valence-electron chi connectivity index (χ2n) is 7.58. The van der Waals surface area contributed by atoms with Crippen LogP contribution < -0.4 is 5.32 Å². The Bertz CT molecular complexity index is 1220. The van der Waals surface area contributed by atoms with Gasteiger partial charge < -0.3 is 10.1 Å². The molecular formula is C24H23ClN4O3S. The Morgan fingerprint density at radius 2 is 1.82 bits per heavy atom. The molecule has 170 valence electrons. The first-order valence-electron chi connectivity index (χ1n) is 10.5. The Morgan fingerprint density at radius 3 is 2.48 bits per heavy atom. The largest absolute Gasteiger partial charge is 0.463 e. The summed E-state index contributed by atoms with van der Waals surface area (Å²) >= 11 is 7.14. The highest BCUT2D eigenvalue weighted by Crippen LogP contribution is 2.36. The first kappa shape index (κ1) is 23.1. The van der Waals surface area contributed by atoms with Crippen molar-refractivity contribution in [3.63, 3.8) is 0 Å². The third-order valence-electron chi connectivity index (χ3n) is 5.22. The number of thioether (sulfide) groups is 1. The van der Waals surface area contributed by atoms with Gasteiger partial charge >= 0.3 is 5.97 Å². The van der Waals surface area contributed by atoms with E-state index in [1.54, 1.807) is 35.9 Å². The number of hydrogen-bond acceptors (Lipinski definition) is 7. The summed E-state index contributed by atoms with van der Waals surface area (Å²) in [7, 11) is 0. The highest BCUT2D eigenvalue weighted by atomic mass is 35.5. The SMILES string of the molecule is CCOC(=O)C1=C(C)Nc2nc(SCC(=O)c3ccc(Cl)cc3)nn2[C@H]1c1ccc(C)cc1. The van der Waals surface area contributed by atoms with Gasteiger partial charge in [-0.15, -0.1) is 5.10 Å². The Kier molecular flexibility index (Phi) is 6.85. The van der Waals surface area contributed by atoms with E-state index in [1.807, 2.05) is 38.1 Å². The van der Waals surface area contributed by atoms with Crippen LogP contribution in [0.15, 0.2) is 65.0 Å². The molecule has 2 aromatic carbocycles. The van der Waals surface area contributed by atoms with Crippen molar-refractivity contribution >= 4 is 41.1 Å². The zero-order valence-electron chi connectivity index (χ0n) is 18.5. The van der Waals surface area contributed by atoms with E-state index in [0.29, 0.717) is 33.0 Å². The molecule has 1 N–H and O–H groups in total. The van der Waals surface area contributed by atoms with E-state index in [9.17, 15) is 9.59 Å². The van der Waals surface area contributed by atoms with Gasteiger partial charge in [-0.1, -0.05) is 53.2 Å². The zero-order valence-corrected chi connectivity index (χ0v) is 20.0. The minimum absolute atomic E-state index is 0.0472. The molecule has 1 aliphatic rings. The maximum Gasteiger partial charge on any atom is 0.338 e. The summed E-state index contributed by atoms with van der Waals surface area (Å²) in [5, 5.41) is 8.81. The monoisotopic (exact) mass is 482 g/mol. The van der Waals surface area contributed by atoms with Gasteiger partial charge in [-0.05, 0) is 50.6 Å². The molecule has 0 saturated carbocycles. The summed E-state index contributed by atoms with van der Waals surface area (Å²) in [5.74, 6) is 0.236. The lowest BCUT2D eigenvalue weighted by molar-refractivity contribution is -0.139. The molecule has 33 heavy (non-hydrogen) atoms. The molecule has 7 nitrogen and oxygen atoms in total. The van der Waals surface area contributed by atoms with E-state index < -0.39 is 12.0 Å². The predicted octanol–water partition coefficient (Wildman–Crippen LogP) is 5.07. The first-order chi connectivity index (χ1) is 15.9. The number of benzene rings is 2. The molecule has 3 aromatic rings. The fourth-order valence-electron chi connectivity index (χ4n) is 3.57. The number of halogens is 1. The molecule has 0 bridgehead atoms. The van der Waals surface area contributed by atoms with E-state index in [1.165, 1.54) is 11.8 Å². The van der Waals surface area contributed by atoms with Crippen molar-refractivity contribution in [1.82, 2.24) is 14.8 Å². The molecule has 1 atom stereocenters. The highest BCUT2D eigenvalue weighted by molar-refractivity contribution is 7.99. The van der Waals surface area contributed by atoms with E-state index in [4.69, 9.17) is 16.3 Å². The normalized spacial score (nSPS) is 15.1. The minimum Gasteiger partial charge on any atom is -0.463 e. The molecule has 9 heteroatoms. The Hall–Kier alpha value is -3.10. The van der Waals surface area contributed by atoms with Crippen LogP contribution in [0.5, 0.6) is 0 Å². The molecule has 1 aromatic heterocycles. The predicted molar refractivity (Wildman–Crippen MR) is 129 cm³/mol. The number of esters is 1. The lowest BCUT2D eigenvalue weighted by Crippen LogP contribution is -2.29. The number of rotatable bonds is 7. The van der Waals surface area contributed by atoms with Gasteiger partial charge in [0.25, 0.3) is 0 Å². The summed E-state index contributed by atoms with van der Waals surface area (Å²) in [6.07, 6.45) is 0. The van der Waals surface area contributed by atoms with Crippen molar-refractivity contribution in [2.24, 2.45) is 0 Å². The van der Waals surface area contributed by atoms with Crippen molar-refractivity contribution < 1.29 is 14.3 Å². The summed E-state index contributed by atoms with van der Waals surface area (Å²) in [6.45, 7) is 5.88. The standard InChI is InChI=1S/C24H23ClN4O3S/c1-4-32-22(31)20-15(3)26-23-27-24(33-13-19(30)16-9-11-18(25)12-10-16)28-29(23)21(20)17-7-5-14(2)6-8-17/h5-12,21H,4,13H2,1-3H3,(H,26,27,28)/t21-/m0/s1. The zero-order chi connectivity index (χ0) is 23.5. The van der Waals surface area contributed by atoms with Gasteiger partial charge in [0.1, 0.15) is 6.04 Å². The van der Waals surface area contributed by atoms with Crippen LogP contribution in [0.25, 0.3) is 0 Å². The van der Waals surface area contributed by atoms with Crippen molar-refractivity contribution in [2.75, 3.05) is 17.7 Å². The molecule has 0 radical (unpaired) electrons. The van der Waals surface area contributed by atoms with E-state index in [2.05, 4.69) is 15.4 Å². The summed E-state index contributed by atoms with van der Waals surface area (Å²) in [4.78, 5) is 29.9. The smallest absolute Gasteiger partial charge is 0.338 e. The maximum absolute atomic E-state index is 12.8. The van der Waals surface area contributed by atoms with Crippen molar-refractivity contribution in [2.45, 2.75) is 32.0 Å². The molecule has 4 rings (SSSR count). The van der Waals surface area contributed by atoms with Crippen LogP contribution in [0.1, 0.15) is 41.4 Å². The van der Waals surface area contributed by atoms with Crippen LogP contribution >= 0.6 is 23.4 Å². The molecular weight excluding hydrogens is 460 g/mol. The molecule has 0 fully saturated rings. The fraction of sp³-hybridized carbons (Fsp3) is 0.250. The number of ether oxygens (including phenoxy) is 1. The fourth-order valence-corrected chi connectivity index (χ4v) is 4.42. The van der Waals surface area contributed by atoms with Gasteiger partial charge in [0, 0.05) is 16.3 Å². The number of aromatic nitrogens is 3. The van der Waals surface area contributed by atoms with Crippen LogP contribution in [-0.4, -0.2) is 38.9 Å². The molecule has 0 saturated heterocycles. The lowest BCUT2D eigenvalue weighted by atomic mass is 9.95. The summed E-state index contributed by atoms with van der Waals surface area (Å²) < 4.78 is 7.01. The van der Waals surface area contributed by atoms with Gasteiger partial charge in [-0.2, -0.15) is 4.98 Å². The molecule has 0 unspecified atom stereocenters. The van der Waals surface area contributed by atoms with Gasteiger partial charge in [0.15, 0.2) is 5.78 Å². The van der Waals surface area contributed by atoms with Gasteiger partial charge in [0.05, 0.1) is 17.9 Å². The number of allylic oxidation sites excluding steroid dienone is 1. The number of hydrogen-bond donors (Lipinski definition) is 1. The van der Waals surface area contributed by atoms with Crippen LogP contribution in [-0.2, 0) is 9.53 Å². The average molecular weight is 483 g/mol. The molecule has 2 heterocycles. The summed E-state index contributed by atoms with van der Waals surface area (Å²) in [5.41, 5.74) is 3.72. The number of nitrogens with one attached hydrogen (secondary N) is 1. The summed E-state index contributed by atoms with van der Waals surface area (Å²) in [6, 6.07) is 14.2. The number of ketones is 1. The van der Waals surface area contributed by atoms with Crippen molar-refractivity contribution in [1.29, 1.82) is 0 Å². The van der Waals surface area contributed by atoms with E-state index in [0.717, 1.165) is 11.1 Å². The van der Waals surface area contributed by atoms with Crippen LogP contribution in [0, 0.1) is 6.92 Å². The van der Waals surface area contributed by atoms with Gasteiger partial charge in [-0.25, -0.2) is 9.48 Å². The van der Waals surface area contributed by atoms with E-state index >= 15 is 0 Å².